The molecule has 3 atom stereocenters. The normalized spacial score (nSPS) is 30.1. The number of likely N-dealkylation sites (tertiary alicyclic amines) is 1. The molecule has 1 spiro atoms. The average Bonchev–Trinajstić information content (AvgIpc) is 2.87. The van der Waals surface area contributed by atoms with Gasteiger partial charge in [0.1, 0.15) is 12.3 Å². The maximum absolute atomic E-state index is 13.3. The van der Waals surface area contributed by atoms with E-state index in [9.17, 15) is 14.4 Å². The quantitative estimate of drug-likeness (QED) is 0.807. The minimum absolute atomic E-state index is 0.125. The van der Waals surface area contributed by atoms with Crippen LogP contribution in [0.25, 0.3) is 0 Å². The molecule has 3 aliphatic heterocycles. The molecule has 27 heavy (non-hydrogen) atoms. The number of nitrogens with one attached hydrogen (secondary N) is 1. The van der Waals surface area contributed by atoms with Crippen molar-refractivity contribution in [1.29, 1.82) is 0 Å². The molecule has 7 nitrogen and oxygen atoms in total. The number of carbonyl (C=O) groups excluding carboxylic acids is 3. The van der Waals surface area contributed by atoms with Gasteiger partial charge < -0.3 is 15.0 Å². The largest absolute Gasteiger partial charge is 0.493 e. The molecule has 1 aromatic carbocycles. The third kappa shape index (κ3) is 2.76. The van der Waals surface area contributed by atoms with Gasteiger partial charge in [0.15, 0.2) is 5.54 Å². The highest BCUT2D eigenvalue weighted by Gasteiger charge is 2.55. The van der Waals surface area contributed by atoms with Crippen molar-refractivity contribution in [3.8, 4) is 5.75 Å². The van der Waals surface area contributed by atoms with Gasteiger partial charge in [0.2, 0.25) is 5.91 Å². The zero-order chi connectivity index (χ0) is 19.2. The summed E-state index contributed by atoms with van der Waals surface area (Å²) in [5.41, 5.74) is -0.477. The predicted octanol–water partition coefficient (Wildman–Crippen LogP) is 2.01. The minimum Gasteiger partial charge on any atom is -0.493 e. The van der Waals surface area contributed by atoms with Gasteiger partial charge in [-0.1, -0.05) is 18.2 Å². The zero-order valence-corrected chi connectivity index (χ0v) is 15.7. The van der Waals surface area contributed by atoms with Crippen LogP contribution in [0.3, 0.4) is 0 Å². The van der Waals surface area contributed by atoms with Crippen molar-refractivity contribution in [1.82, 2.24) is 15.1 Å². The Morgan fingerprint density at radius 1 is 1.22 bits per heavy atom. The number of hydrogen-bond acceptors (Lipinski definition) is 4. The van der Waals surface area contributed by atoms with Crippen LogP contribution >= 0.6 is 0 Å². The standard InChI is InChI=1S/C20H25N3O4/c1-13-6-5-7-14(2)23(13)17(24)12-22-18(25)20(21-19(22)26)10-11-27-16-9-4-3-8-15(16)20/h3-4,8-9,13-14H,5-7,10-12H2,1-2H3,(H,21,26)/t13-,14+,20-/m0/s1. The first-order chi connectivity index (χ1) is 12.9. The molecule has 7 heteroatoms. The number of urea groups is 1. The number of piperidine rings is 1. The summed E-state index contributed by atoms with van der Waals surface area (Å²) in [7, 11) is 0. The van der Waals surface area contributed by atoms with Gasteiger partial charge in [0, 0.05) is 24.1 Å². The van der Waals surface area contributed by atoms with Gasteiger partial charge in [-0.3, -0.25) is 14.5 Å². The zero-order valence-electron chi connectivity index (χ0n) is 15.7. The number of carbonyl (C=O) groups is 3. The van der Waals surface area contributed by atoms with Crippen molar-refractivity contribution < 1.29 is 19.1 Å². The van der Waals surface area contributed by atoms with Crippen molar-refractivity contribution in [3.63, 3.8) is 0 Å². The van der Waals surface area contributed by atoms with Crippen LogP contribution in [0.15, 0.2) is 24.3 Å². The molecule has 1 N–H and O–H groups in total. The monoisotopic (exact) mass is 371 g/mol. The van der Waals surface area contributed by atoms with Gasteiger partial charge in [-0.05, 0) is 39.2 Å². The molecule has 144 valence electrons. The van der Waals surface area contributed by atoms with Crippen molar-refractivity contribution in [2.75, 3.05) is 13.2 Å². The molecule has 3 heterocycles. The smallest absolute Gasteiger partial charge is 0.325 e. The third-order valence-corrected chi connectivity index (χ3v) is 6.03. The molecule has 0 unspecified atom stereocenters. The highest BCUT2D eigenvalue weighted by atomic mass is 16.5. The molecule has 4 amide bonds. The number of hydrogen-bond donors (Lipinski definition) is 1. The fraction of sp³-hybridized carbons (Fsp3) is 0.550. The van der Waals surface area contributed by atoms with E-state index in [1.165, 1.54) is 0 Å². The maximum Gasteiger partial charge on any atom is 0.325 e. The Hall–Kier alpha value is -2.57. The van der Waals surface area contributed by atoms with Crippen molar-refractivity contribution in [3.05, 3.63) is 29.8 Å². The molecule has 0 bridgehead atoms. The Bertz CT molecular complexity index is 785. The molecule has 2 fully saturated rings. The molecule has 0 radical (unpaired) electrons. The van der Waals surface area contributed by atoms with E-state index >= 15 is 0 Å². The summed E-state index contributed by atoms with van der Waals surface area (Å²) in [6.07, 6.45) is 3.35. The average molecular weight is 371 g/mol. The van der Waals surface area contributed by atoms with E-state index in [1.807, 2.05) is 30.9 Å². The van der Waals surface area contributed by atoms with Gasteiger partial charge in [-0.25, -0.2) is 4.79 Å². The van der Waals surface area contributed by atoms with Crippen LogP contribution in [0, 0.1) is 0 Å². The van der Waals surface area contributed by atoms with Crippen LogP contribution < -0.4 is 10.1 Å². The number of amides is 4. The van der Waals surface area contributed by atoms with Crippen LogP contribution in [0.5, 0.6) is 5.75 Å². The summed E-state index contributed by atoms with van der Waals surface area (Å²) < 4.78 is 5.64. The van der Waals surface area contributed by atoms with Gasteiger partial charge in [-0.2, -0.15) is 0 Å². The maximum atomic E-state index is 13.3. The highest BCUT2D eigenvalue weighted by Crippen LogP contribution is 2.41. The second-order valence-electron chi connectivity index (χ2n) is 7.75. The van der Waals surface area contributed by atoms with Crippen LogP contribution in [-0.4, -0.2) is 52.9 Å². The van der Waals surface area contributed by atoms with E-state index < -0.39 is 11.6 Å². The Morgan fingerprint density at radius 3 is 2.67 bits per heavy atom. The summed E-state index contributed by atoms with van der Waals surface area (Å²) in [5, 5.41) is 2.84. The number of imide groups is 1. The number of ether oxygens (including phenoxy) is 1. The van der Waals surface area contributed by atoms with Gasteiger partial charge in [-0.15, -0.1) is 0 Å². The lowest BCUT2D eigenvalue weighted by molar-refractivity contribution is -0.143. The molecular weight excluding hydrogens is 346 g/mol. The minimum atomic E-state index is -1.13. The molecule has 4 rings (SSSR count). The summed E-state index contributed by atoms with van der Waals surface area (Å²) >= 11 is 0. The molecule has 3 aliphatic rings. The van der Waals surface area contributed by atoms with E-state index in [-0.39, 0.29) is 30.4 Å². The van der Waals surface area contributed by atoms with E-state index in [2.05, 4.69) is 5.32 Å². The van der Waals surface area contributed by atoms with Crippen molar-refractivity contribution >= 4 is 17.8 Å². The van der Waals surface area contributed by atoms with Crippen molar-refractivity contribution in [2.24, 2.45) is 0 Å². The number of fused-ring (bicyclic) bond motifs is 2. The second-order valence-corrected chi connectivity index (χ2v) is 7.75. The van der Waals surface area contributed by atoms with E-state index in [1.54, 1.807) is 12.1 Å². The SMILES string of the molecule is C[C@@H]1CCC[C@H](C)N1C(=O)CN1C(=O)N[C@]2(CCOc3ccccc32)C1=O. The fourth-order valence-corrected chi connectivity index (χ4v) is 4.65. The molecule has 1 aromatic rings. The van der Waals surface area contributed by atoms with Gasteiger partial charge in [0.05, 0.1) is 6.61 Å². The number of rotatable bonds is 2. The van der Waals surface area contributed by atoms with Crippen LogP contribution in [-0.2, 0) is 15.1 Å². The lowest BCUT2D eigenvalue weighted by atomic mass is 9.84. The first kappa shape index (κ1) is 17.8. The molecule has 0 saturated carbocycles. The highest BCUT2D eigenvalue weighted by molar-refractivity contribution is 6.09. The Labute approximate surface area is 158 Å². The van der Waals surface area contributed by atoms with E-state index in [0.29, 0.717) is 24.3 Å². The first-order valence-corrected chi connectivity index (χ1v) is 9.61. The number of para-hydroxylation sites is 1. The number of nitrogens with zero attached hydrogens (tertiary/aromatic N) is 2. The van der Waals surface area contributed by atoms with Gasteiger partial charge >= 0.3 is 6.03 Å². The summed E-state index contributed by atoms with van der Waals surface area (Å²) in [6.45, 7) is 4.17. The summed E-state index contributed by atoms with van der Waals surface area (Å²) in [6, 6.07) is 6.98. The first-order valence-electron chi connectivity index (χ1n) is 9.61. The molecular formula is C20H25N3O4. The Kier molecular flexibility index (Phi) is 4.32. The third-order valence-electron chi connectivity index (χ3n) is 6.03. The predicted molar refractivity (Wildman–Crippen MR) is 98.1 cm³/mol. The van der Waals surface area contributed by atoms with Crippen LogP contribution in [0.4, 0.5) is 4.79 Å². The molecule has 0 aromatic heterocycles. The summed E-state index contributed by atoms with van der Waals surface area (Å²) in [5.74, 6) is 0.0633. The fourth-order valence-electron chi connectivity index (χ4n) is 4.65. The lowest BCUT2D eigenvalue weighted by Crippen LogP contribution is -2.52. The summed E-state index contributed by atoms with van der Waals surface area (Å²) in [4.78, 5) is 41.7. The topological polar surface area (TPSA) is 79.0 Å². The Balaban J connectivity index is 1.59. The Morgan fingerprint density at radius 2 is 1.93 bits per heavy atom. The van der Waals surface area contributed by atoms with E-state index in [4.69, 9.17) is 4.74 Å². The van der Waals surface area contributed by atoms with Crippen LogP contribution in [0.2, 0.25) is 0 Å². The lowest BCUT2D eigenvalue weighted by Gasteiger charge is -2.39. The van der Waals surface area contributed by atoms with Gasteiger partial charge in [0.25, 0.3) is 5.91 Å². The van der Waals surface area contributed by atoms with Crippen LogP contribution in [0.1, 0.15) is 45.1 Å². The number of benzene rings is 1. The molecule has 0 aliphatic carbocycles. The van der Waals surface area contributed by atoms with E-state index in [0.717, 1.165) is 24.2 Å². The molecule has 2 saturated heterocycles. The van der Waals surface area contributed by atoms with Crippen molar-refractivity contribution in [2.45, 2.75) is 57.2 Å². The second kappa shape index (κ2) is 6.55.